The predicted octanol–water partition coefficient (Wildman–Crippen LogP) is 17.9. The van der Waals surface area contributed by atoms with Crippen molar-refractivity contribution >= 4 is 48.6 Å². The van der Waals surface area contributed by atoms with Gasteiger partial charge in [-0.05, 0) is 120 Å². The molecule has 1 aromatic heterocycles. The number of anilines is 3. The van der Waals surface area contributed by atoms with Crippen molar-refractivity contribution in [3.63, 3.8) is 0 Å². The quantitative estimate of drug-likeness (QED) is 0.147. The lowest BCUT2D eigenvalue weighted by Gasteiger charge is -2.35. The number of nitrogens with zero attached hydrogens (tertiary/aromatic N) is 1. The Kier molecular flexibility index (Phi) is 9.27. The molecule has 0 bridgehead atoms. The molecule has 0 radical (unpaired) electrons. The maximum absolute atomic E-state index is 2.44. The molecule has 12 aromatic rings. The zero-order chi connectivity index (χ0) is 46.2. The van der Waals surface area contributed by atoms with E-state index in [4.69, 9.17) is 0 Å². The lowest BCUT2D eigenvalue weighted by Crippen LogP contribution is -2.28. The van der Waals surface area contributed by atoms with Crippen LogP contribution in [0, 0.1) is 0 Å². The van der Waals surface area contributed by atoms with E-state index in [1.807, 2.05) is 11.3 Å². The van der Waals surface area contributed by atoms with Crippen LogP contribution < -0.4 is 4.90 Å². The highest BCUT2D eigenvalue weighted by Gasteiger charge is 2.47. The van der Waals surface area contributed by atoms with Crippen LogP contribution in [0.3, 0.4) is 0 Å². The van der Waals surface area contributed by atoms with Crippen LogP contribution >= 0.6 is 11.3 Å². The topological polar surface area (TPSA) is 3.24 Å². The monoisotopic (exact) mass is 907 g/mol. The Morgan fingerprint density at radius 2 is 0.657 bits per heavy atom. The van der Waals surface area contributed by atoms with Crippen molar-refractivity contribution in [2.45, 2.75) is 10.8 Å². The van der Waals surface area contributed by atoms with Gasteiger partial charge in [0.15, 0.2) is 0 Å². The molecule has 14 rings (SSSR count). The summed E-state index contributed by atoms with van der Waals surface area (Å²) in [5.74, 6) is 0. The first-order valence-corrected chi connectivity index (χ1v) is 25.1. The van der Waals surface area contributed by atoms with E-state index in [9.17, 15) is 0 Å². The zero-order valence-electron chi connectivity index (χ0n) is 38.3. The van der Waals surface area contributed by atoms with Crippen LogP contribution in [-0.4, -0.2) is 0 Å². The van der Waals surface area contributed by atoms with Crippen molar-refractivity contribution in [3.05, 3.63) is 317 Å². The summed E-state index contributed by atoms with van der Waals surface area (Å²) < 4.78 is 2.62. The summed E-state index contributed by atoms with van der Waals surface area (Å²) >= 11 is 1.88. The molecule has 0 saturated heterocycles. The normalized spacial score (nSPS) is 13.7. The largest absolute Gasteiger partial charge is 0.310 e. The van der Waals surface area contributed by atoms with Crippen LogP contribution in [-0.2, 0) is 10.8 Å². The van der Waals surface area contributed by atoms with E-state index in [0.717, 1.165) is 17.1 Å². The molecule has 1 nitrogen and oxygen atoms in total. The minimum absolute atomic E-state index is 0.484. The highest BCUT2D eigenvalue weighted by atomic mass is 32.1. The number of benzene rings is 11. The summed E-state index contributed by atoms with van der Waals surface area (Å²) in [6.45, 7) is 0. The summed E-state index contributed by atoms with van der Waals surface area (Å²) in [6, 6.07) is 102. The molecular formula is C68H45NS. The Bertz CT molecular complexity index is 3670. The third-order valence-electron chi connectivity index (χ3n) is 15.3. The van der Waals surface area contributed by atoms with Crippen LogP contribution in [0.4, 0.5) is 17.1 Å². The third kappa shape index (κ3) is 5.84. The lowest BCUT2D eigenvalue weighted by atomic mass is 9.67. The van der Waals surface area contributed by atoms with Crippen molar-refractivity contribution in [2.24, 2.45) is 0 Å². The number of hydrogen-bond acceptors (Lipinski definition) is 2. The maximum Gasteiger partial charge on any atom is 0.0713 e. The van der Waals surface area contributed by atoms with Gasteiger partial charge >= 0.3 is 0 Å². The second kappa shape index (κ2) is 16.0. The van der Waals surface area contributed by atoms with Crippen LogP contribution in [0.5, 0.6) is 0 Å². The molecule has 0 saturated carbocycles. The summed E-state index contributed by atoms with van der Waals surface area (Å²) in [5.41, 5.74) is 20.2. The van der Waals surface area contributed by atoms with Gasteiger partial charge in [0.05, 0.1) is 10.8 Å². The SMILES string of the molecule is c1ccc(C2(c3ccc(N(c4ccc(C5(c6ccccc6)c6ccccc6-c6ccccc65)cc4)c4cccc(-c5cccc6c5sc5ccccc56)c4)cc3)c3ccccc3-c3ccccc32)cc1. The van der Waals surface area contributed by atoms with Gasteiger partial charge in [-0.2, -0.15) is 0 Å². The standard InChI is InChI=1S/C68H45NS/c1-3-20-47(21-4-1)67(61-32-12-7-25-55(61)56-26-8-13-33-62(56)67)49-37-41-51(42-38-49)69(53-24-17-19-46(45-53)54-30-18-31-60-59-29-11-16-36-65(59)70-66(54)60)52-43-39-50(40-44-52)68(48-22-5-2-6-23-48)63-34-14-9-27-57(63)58-28-10-15-35-64(58)68/h1-45H. The average Bonchev–Trinajstić information content (AvgIpc) is 4.08. The summed E-state index contributed by atoms with van der Waals surface area (Å²) in [5, 5.41) is 2.61. The first-order valence-electron chi connectivity index (χ1n) is 24.2. The fourth-order valence-corrected chi connectivity index (χ4v) is 13.6. The first-order chi connectivity index (χ1) is 34.7. The maximum atomic E-state index is 2.44. The van der Waals surface area contributed by atoms with E-state index < -0.39 is 10.8 Å². The fourth-order valence-electron chi connectivity index (χ4n) is 12.4. The minimum atomic E-state index is -0.484. The van der Waals surface area contributed by atoms with Crippen molar-refractivity contribution in [1.82, 2.24) is 0 Å². The lowest BCUT2D eigenvalue weighted by molar-refractivity contribution is 0.768. The number of thiophene rings is 1. The molecule has 2 aliphatic rings. The Balaban J connectivity index is 0.960. The smallest absolute Gasteiger partial charge is 0.0713 e. The molecule has 1 heterocycles. The van der Waals surface area contributed by atoms with Gasteiger partial charge in [0.2, 0.25) is 0 Å². The minimum Gasteiger partial charge on any atom is -0.310 e. The molecule has 0 N–H and O–H groups in total. The summed E-state index contributed by atoms with van der Waals surface area (Å²) in [4.78, 5) is 2.44. The third-order valence-corrected chi connectivity index (χ3v) is 16.5. The summed E-state index contributed by atoms with van der Waals surface area (Å²) in [7, 11) is 0. The zero-order valence-corrected chi connectivity index (χ0v) is 39.2. The fraction of sp³-hybridized carbons (Fsp3) is 0.0294. The Labute approximate surface area is 412 Å². The molecule has 70 heavy (non-hydrogen) atoms. The molecule has 0 spiro atoms. The van der Waals surface area contributed by atoms with Gasteiger partial charge in [-0.15, -0.1) is 11.3 Å². The second-order valence-electron chi connectivity index (χ2n) is 18.7. The van der Waals surface area contributed by atoms with Gasteiger partial charge < -0.3 is 4.90 Å². The van der Waals surface area contributed by atoms with Crippen LogP contribution in [0.25, 0.3) is 53.6 Å². The molecule has 0 fully saturated rings. The van der Waals surface area contributed by atoms with Gasteiger partial charge in [-0.1, -0.05) is 231 Å². The molecule has 2 aliphatic carbocycles. The van der Waals surface area contributed by atoms with E-state index in [1.165, 1.54) is 98.1 Å². The predicted molar refractivity (Wildman–Crippen MR) is 294 cm³/mol. The van der Waals surface area contributed by atoms with Gasteiger partial charge in [0.1, 0.15) is 0 Å². The van der Waals surface area contributed by atoms with Crippen molar-refractivity contribution in [1.29, 1.82) is 0 Å². The van der Waals surface area contributed by atoms with E-state index in [-0.39, 0.29) is 0 Å². The molecule has 328 valence electrons. The highest BCUT2D eigenvalue weighted by Crippen LogP contribution is 2.58. The molecule has 0 amide bonds. The van der Waals surface area contributed by atoms with Crippen LogP contribution in [0.15, 0.2) is 273 Å². The van der Waals surface area contributed by atoms with Gasteiger partial charge in [-0.3, -0.25) is 0 Å². The molecule has 2 heteroatoms. The number of rotatable bonds is 8. The van der Waals surface area contributed by atoms with E-state index >= 15 is 0 Å². The van der Waals surface area contributed by atoms with Crippen LogP contribution in [0.1, 0.15) is 44.5 Å². The van der Waals surface area contributed by atoms with E-state index in [1.54, 1.807) is 0 Å². The Hall–Kier alpha value is -8.56. The average molecular weight is 908 g/mol. The first kappa shape index (κ1) is 40.5. The molecular weight excluding hydrogens is 863 g/mol. The molecule has 0 unspecified atom stereocenters. The van der Waals surface area contributed by atoms with Gasteiger partial charge in [0.25, 0.3) is 0 Å². The second-order valence-corrected chi connectivity index (χ2v) is 19.7. The number of fused-ring (bicyclic) bond motifs is 9. The number of hydrogen-bond donors (Lipinski definition) is 0. The van der Waals surface area contributed by atoms with Crippen molar-refractivity contribution in [2.75, 3.05) is 4.90 Å². The Morgan fingerprint density at radius 3 is 1.16 bits per heavy atom. The Morgan fingerprint density at radius 1 is 0.271 bits per heavy atom. The molecule has 11 aromatic carbocycles. The van der Waals surface area contributed by atoms with Crippen LogP contribution in [0.2, 0.25) is 0 Å². The van der Waals surface area contributed by atoms with Gasteiger partial charge in [-0.25, -0.2) is 0 Å². The van der Waals surface area contributed by atoms with Gasteiger partial charge in [0, 0.05) is 37.2 Å². The molecule has 0 atom stereocenters. The van der Waals surface area contributed by atoms with Crippen molar-refractivity contribution < 1.29 is 0 Å². The molecule has 0 aliphatic heterocycles. The van der Waals surface area contributed by atoms with E-state index in [0.29, 0.717) is 0 Å². The van der Waals surface area contributed by atoms with E-state index in [2.05, 4.69) is 278 Å². The summed E-state index contributed by atoms with van der Waals surface area (Å²) in [6.07, 6.45) is 0. The van der Waals surface area contributed by atoms with Crippen molar-refractivity contribution in [3.8, 4) is 33.4 Å². The highest BCUT2D eigenvalue weighted by molar-refractivity contribution is 7.26.